The van der Waals surface area contributed by atoms with Gasteiger partial charge in [-0.2, -0.15) is 0 Å². The highest BCUT2D eigenvalue weighted by Crippen LogP contribution is 2.15. The van der Waals surface area contributed by atoms with Crippen LogP contribution in [0.25, 0.3) is 0 Å². The third-order valence-corrected chi connectivity index (χ3v) is 2.95. The van der Waals surface area contributed by atoms with Crippen molar-refractivity contribution in [2.24, 2.45) is 5.73 Å². The van der Waals surface area contributed by atoms with Crippen LogP contribution in [0.5, 0.6) is 0 Å². The van der Waals surface area contributed by atoms with Gasteiger partial charge in [0.1, 0.15) is 5.82 Å². The van der Waals surface area contributed by atoms with Gasteiger partial charge in [0.2, 0.25) is 0 Å². The van der Waals surface area contributed by atoms with Gasteiger partial charge in [-0.25, -0.2) is 4.39 Å². The van der Waals surface area contributed by atoms with Crippen molar-refractivity contribution < 1.29 is 9.50 Å². The lowest BCUT2D eigenvalue weighted by atomic mass is 10.1. The minimum atomic E-state index is -0.284. The molecule has 0 radical (unpaired) electrons. The summed E-state index contributed by atoms with van der Waals surface area (Å²) in [6.45, 7) is 2.41. The molecule has 18 heavy (non-hydrogen) atoms. The van der Waals surface area contributed by atoms with Crippen molar-refractivity contribution in [3.8, 4) is 11.8 Å². The number of nitrogens with zero attached hydrogens (tertiary/aromatic N) is 1. The number of hydrogen-bond acceptors (Lipinski definition) is 3. The maximum absolute atomic E-state index is 13.4. The number of aliphatic hydroxyl groups is 1. The van der Waals surface area contributed by atoms with Crippen molar-refractivity contribution in [2.45, 2.75) is 19.1 Å². The van der Waals surface area contributed by atoms with E-state index in [0.29, 0.717) is 18.7 Å². The van der Waals surface area contributed by atoms with Gasteiger partial charge in [0.05, 0.1) is 12.6 Å². The van der Waals surface area contributed by atoms with Gasteiger partial charge in [-0.1, -0.05) is 11.8 Å². The largest absolute Gasteiger partial charge is 0.392 e. The van der Waals surface area contributed by atoms with Crippen LogP contribution in [0.1, 0.15) is 17.5 Å². The van der Waals surface area contributed by atoms with E-state index >= 15 is 0 Å². The van der Waals surface area contributed by atoms with E-state index in [0.717, 1.165) is 18.5 Å². The second-order valence-electron chi connectivity index (χ2n) is 4.53. The summed E-state index contributed by atoms with van der Waals surface area (Å²) in [6.07, 6.45) is 0.532. The van der Waals surface area contributed by atoms with Crippen LogP contribution in [0, 0.1) is 17.7 Å². The Morgan fingerprint density at radius 3 is 2.94 bits per heavy atom. The standard InChI is InChI=1S/C14H17FN2O/c15-13-7-11(2-1-4-16)6-12(8-13)9-17-5-3-14(18)10-17/h6-8,14,18H,3-5,9-10,16H2. The molecule has 0 spiro atoms. The molecule has 3 nitrogen and oxygen atoms in total. The summed E-state index contributed by atoms with van der Waals surface area (Å²) < 4.78 is 13.4. The molecule has 0 amide bonds. The maximum atomic E-state index is 13.4. The normalized spacial score (nSPS) is 19.6. The highest BCUT2D eigenvalue weighted by atomic mass is 19.1. The molecule has 1 heterocycles. The summed E-state index contributed by atoms with van der Waals surface area (Å²) in [7, 11) is 0. The van der Waals surface area contributed by atoms with Crippen molar-refractivity contribution in [3.05, 3.63) is 35.1 Å². The molecule has 0 aromatic heterocycles. The fraction of sp³-hybridized carbons (Fsp3) is 0.429. The zero-order valence-electron chi connectivity index (χ0n) is 10.2. The molecule has 1 aliphatic rings. The van der Waals surface area contributed by atoms with E-state index in [1.54, 1.807) is 0 Å². The molecule has 1 aromatic rings. The average molecular weight is 248 g/mol. The van der Waals surface area contributed by atoms with Crippen LogP contribution in [0.2, 0.25) is 0 Å². The van der Waals surface area contributed by atoms with E-state index < -0.39 is 0 Å². The zero-order chi connectivity index (χ0) is 13.0. The number of β-amino-alcohol motifs (C(OH)–C–C–N with tert-alkyl or cyclic N) is 1. The van der Waals surface area contributed by atoms with Crippen LogP contribution in [0.15, 0.2) is 18.2 Å². The van der Waals surface area contributed by atoms with Gasteiger partial charge >= 0.3 is 0 Å². The number of aliphatic hydroxyl groups excluding tert-OH is 1. The predicted octanol–water partition coefficient (Wildman–Crippen LogP) is 0.702. The molecule has 0 saturated carbocycles. The van der Waals surface area contributed by atoms with Crippen molar-refractivity contribution in [2.75, 3.05) is 19.6 Å². The molecule has 1 fully saturated rings. The Balaban J connectivity index is 2.10. The molecule has 3 N–H and O–H groups in total. The van der Waals surface area contributed by atoms with Crippen molar-refractivity contribution in [3.63, 3.8) is 0 Å². The lowest BCUT2D eigenvalue weighted by Gasteiger charge is -2.15. The van der Waals surface area contributed by atoms with E-state index in [1.165, 1.54) is 12.1 Å². The van der Waals surface area contributed by atoms with Crippen molar-refractivity contribution in [1.29, 1.82) is 0 Å². The van der Waals surface area contributed by atoms with Crippen LogP contribution < -0.4 is 5.73 Å². The molecular weight excluding hydrogens is 231 g/mol. The monoisotopic (exact) mass is 248 g/mol. The van der Waals surface area contributed by atoms with Crippen molar-refractivity contribution in [1.82, 2.24) is 4.90 Å². The third-order valence-electron chi connectivity index (χ3n) is 2.95. The Labute approximate surface area is 106 Å². The quantitative estimate of drug-likeness (QED) is 0.758. The predicted molar refractivity (Wildman–Crippen MR) is 68.2 cm³/mol. The summed E-state index contributed by atoms with van der Waals surface area (Å²) in [4.78, 5) is 2.11. The average Bonchev–Trinajstić information content (AvgIpc) is 2.71. The van der Waals surface area contributed by atoms with Gasteiger partial charge in [0.15, 0.2) is 0 Å². The lowest BCUT2D eigenvalue weighted by molar-refractivity contribution is 0.175. The highest BCUT2D eigenvalue weighted by Gasteiger charge is 2.20. The van der Waals surface area contributed by atoms with Crippen LogP contribution >= 0.6 is 0 Å². The minimum absolute atomic E-state index is 0.255. The summed E-state index contributed by atoms with van der Waals surface area (Å²) in [5, 5.41) is 9.45. The van der Waals surface area contributed by atoms with Gasteiger partial charge in [0.25, 0.3) is 0 Å². The first-order valence-corrected chi connectivity index (χ1v) is 6.06. The van der Waals surface area contributed by atoms with Gasteiger partial charge in [0, 0.05) is 25.2 Å². The molecule has 1 aliphatic heterocycles. The Hall–Kier alpha value is -1.41. The second-order valence-corrected chi connectivity index (χ2v) is 4.53. The molecule has 2 rings (SSSR count). The number of benzene rings is 1. The molecule has 1 aromatic carbocycles. The Bertz CT molecular complexity index is 478. The fourth-order valence-corrected chi connectivity index (χ4v) is 2.18. The van der Waals surface area contributed by atoms with Gasteiger partial charge in [-0.15, -0.1) is 0 Å². The summed E-state index contributed by atoms with van der Waals surface area (Å²) in [6, 6.07) is 4.79. The fourth-order valence-electron chi connectivity index (χ4n) is 2.18. The first kappa shape index (κ1) is 13.0. The maximum Gasteiger partial charge on any atom is 0.124 e. The van der Waals surface area contributed by atoms with Crippen molar-refractivity contribution >= 4 is 0 Å². The van der Waals surface area contributed by atoms with Gasteiger partial charge in [-0.05, 0) is 30.2 Å². The minimum Gasteiger partial charge on any atom is -0.392 e. The SMILES string of the molecule is NCC#Cc1cc(F)cc(CN2CCC(O)C2)c1. The van der Waals surface area contributed by atoms with E-state index in [9.17, 15) is 9.50 Å². The smallest absolute Gasteiger partial charge is 0.124 e. The molecule has 1 atom stereocenters. The van der Waals surface area contributed by atoms with Gasteiger partial charge < -0.3 is 10.8 Å². The number of halogens is 1. The first-order chi connectivity index (χ1) is 8.67. The lowest BCUT2D eigenvalue weighted by Crippen LogP contribution is -2.21. The topological polar surface area (TPSA) is 49.5 Å². The molecule has 0 bridgehead atoms. The Morgan fingerprint density at radius 2 is 2.28 bits per heavy atom. The third kappa shape index (κ3) is 3.54. The number of nitrogens with two attached hydrogens (primary N) is 1. The number of likely N-dealkylation sites (tertiary alicyclic amines) is 1. The van der Waals surface area contributed by atoms with Gasteiger partial charge in [-0.3, -0.25) is 4.90 Å². The molecule has 0 aliphatic carbocycles. The summed E-state index contributed by atoms with van der Waals surface area (Å²) >= 11 is 0. The van der Waals surface area contributed by atoms with E-state index in [2.05, 4.69) is 16.7 Å². The molecule has 1 saturated heterocycles. The molecular formula is C14H17FN2O. The van der Waals surface area contributed by atoms with E-state index in [1.807, 2.05) is 6.07 Å². The Morgan fingerprint density at radius 1 is 1.44 bits per heavy atom. The zero-order valence-corrected chi connectivity index (χ0v) is 10.2. The Kier molecular flexibility index (Phi) is 4.32. The van der Waals surface area contributed by atoms with E-state index in [-0.39, 0.29) is 18.5 Å². The van der Waals surface area contributed by atoms with E-state index in [4.69, 9.17) is 5.73 Å². The second kappa shape index (κ2) is 5.96. The number of rotatable bonds is 2. The number of hydrogen-bond donors (Lipinski definition) is 2. The first-order valence-electron chi connectivity index (χ1n) is 6.06. The van der Waals surface area contributed by atoms with Crippen LogP contribution in [-0.2, 0) is 6.54 Å². The molecule has 96 valence electrons. The van der Waals surface area contributed by atoms with Crippen LogP contribution in [0.3, 0.4) is 0 Å². The summed E-state index contributed by atoms with van der Waals surface area (Å²) in [5.41, 5.74) is 6.82. The molecule has 1 unspecified atom stereocenters. The van der Waals surface area contributed by atoms with Crippen LogP contribution in [0.4, 0.5) is 4.39 Å². The summed E-state index contributed by atoms with van der Waals surface area (Å²) in [5.74, 6) is 5.27. The highest BCUT2D eigenvalue weighted by molar-refractivity contribution is 5.38. The molecule has 4 heteroatoms. The van der Waals surface area contributed by atoms with Crippen LogP contribution in [-0.4, -0.2) is 35.7 Å².